The summed E-state index contributed by atoms with van der Waals surface area (Å²) >= 11 is 1.07. The van der Waals surface area contributed by atoms with Gasteiger partial charge in [-0.25, -0.2) is 4.79 Å². The molecule has 0 spiro atoms. The van der Waals surface area contributed by atoms with Crippen molar-refractivity contribution in [2.75, 3.05) is 12.3 Å². The lowest BCUT2D eigenvalue weighted by atomic mass is 10.1. The highest BCUT2D eigenvalue weighted by Gasteiger charge is 2.22. The van der Waals surface area contributed by atoms with Gasteiger partial charge in [0.25, 0.3) is 0 Å². The number of anilines is 1. The predicted octanol–water partition coefficient (Wildman–Crippen LogP) is 2.67. The van der Waals surface area contributed by atoms with E-state index in [4.69, 9.17) is 10.5 Å². The minimum absolute atomic E-state index is 0.178. The minimum Gasteiger partial charge on any atom is -0.464 e. The highest BCUT2D eigenvalue weighted by Crippen LogP contribution is 2.24. The molecule has 21 heavy (non-hydrogen) atoms. The number of carbonyl (C=O) groups is 1. The fraction of sp³-hybridized carbons (Fsp3) is 0.333. The van der Waals surface area contributed by atoms with E-state index in [1.807, 2.05) is 19.1 Å². The number of benzene rings is 1. The topological polar surface area (TPSA) is 74.3 Å². The Morgan fingerprint density at radius 3 is 2.67 bits per heavy atom. The third-order valence-corrected chi connectivity index (χ3v) is 3.85. The molecule has 6 heteroatoms. The number of nitrogen functional groups attached to an aromatic ring is 1. The van der Waals surface area contributed by atoms with Crippen LogP contribution in [0.2, 0.25) is 0 Å². The number of hydrogen-bond donors (Lipinski definition) is 1. The maximum Gasteiger partial charge on any atom is 0.328 e. The lowest BCUT2D eigenvalue weighted by Gasteiger charge is -2.15. The van der Waals surface area contributed by atoms with Crippen LogP contribution >= 0.6 is 11.3 Å². The van der Waals surface area contributed by atoms with Crippen LogP contribution in [0.3, 0.4) is 0 Å². The molecule has 0 amide bonds. The highest BCUT2D eigenvalue weighted by atomic mass is 32.1. The molecule has 0 aliphatic heterocycles. The summed E-state index contributed by atoms with van der Waals surface area (Å²) in [6.45, 7) is 3.96. The molecule has 0 saturated carbocycles. The summed E-state index contributed by atoms with van der Waals surface area (Å²) in [5.41, 5.74) is 7.87. The molecule has 1 atom stereocenters. The van der Waals surface area contributed by atoms with E-state index in [0.717, 1.165) is 23.3 Å². The van der Waals surface area contributed by atoms with Gasteiger partial charge in [-0.15, -0.1) is 0 Å². The number of esters is 1. The van der Waals surface area contributed by atoms with Crippen molar-refractivity contribution in [2.45, 2.75) is 26.3 Å². The van der Waals surface area contributed by atoms with Crippen molar-refractivity contribution >= 4 is 23.0 Å². The van der Waals surface area contributed by atoms with Gasteiger partial charge in [0.15, 0.2) is 0 Å². The Balaban J connectivity index is 2.36. The maximum absolute atomic E-state index is 12.0. The molecule has 5 nitrogen and oxygen atoms in total. The molecule has 2 rings (SSSR count). The molecule has 2 aromatic rings. The van der Waals surface area contributed by atoms with E-state index in [-0.39, 0.29) is 4.87 Å². The van der Waals surface area contributed by atoms with Crippen LogP contribution in [-0.4, -0.2) is 17.1 Å². The maximum atomic E-state index is 12.0. The molecule has 2 N–H and O–H groups in total. The van der Waals surface area contributed by atoms with Crippen LogP contribution in [-0.2, 0) is 9.53 Å². The molecule has 0 fully saturated rings. The summed E-state index contributed by atoms with van der Waals surface area (Å²) in [6, 6.07) is 6.54. The molecule has 112 valence electrons. The third kappa shape index (κ3) is 3.33. The fourth-order valence-electron chi connectivity index (χ4n) is 1.97. The number of ether oxygens (including phenoxy) is 1. The lowest BCUT2D eigenvalue weighted by molar-refractivity contribution is -0.147. The average molecular weight is 306 g/mol. The number of thiazole rings is 1. The van der Waals surface area contributed by atoms with Gasteiger partial charge < -0.3 is 10.5 Å². The van der Waals surface area contributed by atoms with Crippen LogP contribution in [0, 0.1) is 0 Å². The van der Waals surface area contributed by atoms with Crippen molar-refractivity contribution in [1.29, 1.82) is 0 Å². The van der Waals surface area contributed by atoms with Crippen molar-refractivity contribution < 1.29 is 9.53 Å². The summed E-state index contributed by atoms with van der Waals surface area (Å²) in [4.78, 5) is 23.9. The van der Waals surface area contributed by atoms with E-state index < -0.39 is 12.0 Å². The van der Waals surface area contributed by atoms with E-state index in [9.17, 15) is 9.59 Å². The number of rotatable bonds is 5. The molecule has 0 bridgehead atoms. The number of hydrogen-bond acceptors (Lipinski definition) is 5. The van der Waals surface area contributed by atoms with Crippen LogP contribution in [0.15, 0.2) is 34.4 Å². The van der Waals surface area contributed by atoms with Crippen molar-refractivity contribution in [3.05, 3.63) is 39.3 Å². The van der Waals surface area contributed by atoms with E-state index in [0.29, 0.717) is 18.0 Å². The highest BCUT2D eigenvalue weighted by molar-refractivity contribution is 7.07. The summed E-state index contributed by atoms with van der Waals surface area (Å²) < 4.78 is 6.59. The second-order valence-electron chi connectivity index (χ2n) is 4.72. The first-order valence-electron chi connectivity index (χ1n) is 6.77. The van der Waals surface area contributed by atoms with Gasteiger partial charge in [-0.1, -0.05) is 30.4 Å². The number of aromatic nitrogens is 1. The standard InChI is InChI=1S/C15H18N2O3S/c1-3-8-20-14(18)10(2)17-13(9-21-15(17)19)11-4-6-12(16)7-5-11/h4-7,9-10H,3,8,16H2,1-2H3. The monoisotopic (exact) mass is 306 g/mol. The van der Waals surface area contributed by atoms with Crippen molar-refractivity contribution in [2.24, 2.45) is 0 Å². The molecular formula is C15H18N2O3S. The molecule has 0 saturated heterocycles. The first-order valence-corrected chi connectivity index (χ1v) is 7.65. The second kappa shape index (κ2) is 6.58. The molecule has 1 heterocycles. The smallest absolute Gasteiger partial charge is 0.328 e. The van der Waals surface area contributed by atoms with Gasteiger partial charge >= 0.3 is 10.8 Å². The minimum atomic E-state index is -0.650. The number of nitrogens with zero attached hydrogens (tertiary/aromatic N) is 1. The van der Waals surface area contributed by atoms with Gasteiger partial charge in [0.1, 0.15) is 6.04 Å². The van der Waals surface area contributed by atoms with E-state index in [1.54, 1.807) is 24.4 Å². The van der Waals surface area contributed by atoms with Gasteiger partial charge in [0.2, 0.25) is 0 Å². The van der Waals surface area contributed by atoms with Gasteiger partial charge in [0, 0.05) is 11.1 Å². The van der Waals surface area contributed by atoms with E-state index >= 15 is 0 Å². The first kappa shape index (κ1) is 15.3. The Morgan fingerprint density at radius 1 is 1.38 bits per heavy atom. The van der Waals surface area contributed by atoms with Crippen LogP contribution in [0.1, 0.15) is 26.3 Å². The summed E-state index contributed by atoms with van der Waals surface area (Å²) in [6.07, 6.45) is 0.752. The molecule has 0 aliphatic rings. The Kier molecular flexibility index (Phi) is 4.80. The number of carbonyl (C=O) groups excluding carboxylic acids is 1. The lowest BCUT2D eigenvalue weighted by Crippen LogP contribution is -2.26. The molecule has 0 aliphatic carbocycles. The van der Waals surface area contributed by atoms with Crippen molar-refractivity contribution in [1.82, 2.24) is 4.57 Å². The van der Waals surface area contributed by atoms with Crippen LogP contribution in [0.25, 0.3) is 11.3 Å². The number of nitrogens with two attached hydrogens (primary N) is 1. The van der Waals surface area contributed by atoms with Crippen LogP contribution in [0.4, 0.5) is 5.69 Å². The second-order valence-corrected chi connectivity index (χ2v) is 5.54. The molecular weight excluding hydrogens is 288 g/mol. The van der Waals surface area contributed by atoms with Crippen LogP contribution in [0.5, 0.6) is 0 Å². The molecule has 1 unspecified atom stereocenters. The Morgan fingerprint density at radius 2 is 2.05 bits per heavy atom. The Labute approximate surface area is 127 Å². The zero-order valence-corrected chi connectivity index (χ0v) is 12.9. The quantitative estimate of drug-likeness (QED) is 0.681. The van der Waals surface area contributed by atoms with E-state index in [1.165, 1.54) is 4.57 Å². The largest absolute Gasteiger partial charge is 0.464 e. The molecule has 1 aromatic carbocycles. The van der Waals surface area contributed by atoms with Crippen molar-refractivity contribution in [3.8, 4) is 11.3 Å². The molecule has 0 radical (unpaired) electrons. The summed E-state index contributed by atoms with van der Waals surface area (Å²) in [5.74, 6) is -0.394. The summed E-state index contributed by atoms with van der Waals surface area (Å²) in [5, 5.41) is 1.75. The Hall–Kier alpha value is -2.08. The van der Waals surface area contributed by atoms with Gasteiger partial charge in [-0.3, -0.25) is 9.36 Å². The zero-order valence-electron chi connectivity index (χ0n) is 12.0. The van der Waals surface area contributed by atoms with Gasteiger partial charge in [-0.2, -0.15) is 0 Å². The first-order chi connectivity index (χ1) is 10.0. The van der Waals surface area contributed by atoms with Crippen LogP contribution < -0.4 is 10.6 Å². The zero-order chi connectivity index (χ0) is 15.4. The summed E-state index contributed by atoms with van der Waals surface area (Å²) in [7, 11) is 0. The SMILES string of the molecule is CCCOC(=O)C(C)n1c(-c2ccc(N)cc2)csc1=O. The Bertz CT molecular complexity index is 673. The normalized spacial score (nSPS) is 12.1. The van der Waals surface area contributed by atoms with Gasteiger partial charge in [-0.05, 0) is 31.0 Å². The fourth-order valence-corrected chi connectivity index (χ4v) is 2.81. The average Bonchev–Trinajstić information content (AvgIpc) is 2.86. The van der Waals surface area contributed by atoms with Gasteiger partial charge in [0.05, 0.1) is 12.3 Å². The molecule has 1 aromatic heterocycles. The third-order valence-electron chi connectivity index (χ3n) is 3.11. The van der Waals surface area contributed by atoms with Crippen molar-refractivity contribution in [3.63, 3.8) is 0 Å². The predicted molar refractivity (Wildman–Crippen MR) is 84.4 cm³/mol. The van der Waals surface area contributed by atoms with E-state index in [2.05, 4.69) is 0 Å².